The average molecular weight is 519 g/mol. The zero-order valence-electron chi connectivity index (χ0n) is 21.4. The molecule has 0 saturated carbocycles. The third kappa shape index (κ3) is 4.93. The van der Waals surface area contributed by atoms with Crippen LogP contribution in [0.4, 0.5) is 5.00 Å². The largest absolute Gasteiger partial charge is 0.462 e. The van der Waals surface area contributed by atoms with Crippen molar-refractivity contribution in [2.75, 3.05) is 11.9 Å². The van der Waals surface area contributed by atoms with Crippen LogP contribution < -0.4 is 5.32 Å². The van der Waals surface area contributed by atoms with Gasteiger partial charge in [-0.15, -0.1) is 11.3 Å². The average Bonchev–Trinajstić information content (AvgIpc) is 3.43. The third-order valence-corrected chi connectivity index (χ3v) is 7.63. The Morgan fingerprint density at radius 1 is 0.946 bits per heavy atom. The van der Waals surface area contributed by atoms with Crippen molar-refractivity contribution in [1.82, 2.24) is 4.90 Å². The minimum absolute atomic E-state index is 0.181. The number of hydrogen-bond acceptors (Lipinski definition) is 6. The van der Waals surface area contributed by atoms with Crippen LogP contribution in [0, 0.1) is 5.92 Å². The van der Waals surface area contributed by atoms with Crippen molar-refractivity contribution in [2.24, 2.45) is 5.92 Å². The maximum absolute atomic E-state index is 13.7. The lowest BCUT2D eigenvalue weighted by Crippen LogP contribution is -2.50. The topological polar surface area (TPSA) is 92.8 Å². The molecule has 1 N–H and O–H groups in total. The van der Waals surface area contributed by atoms with Crippen LogP contribution >= 0.6 is 11.3 Å². The van der Waals surface area contributed by atoms with Gasteiger partial charge in [0.15, 0.2) is 0 Å². The van der Waals surface area contributed by atoms with Crippen molar-refractivity contribution in [1.29, 1.82) is 0 Å². The van der Waals surface area contributed by atoms with Crippen LogP contribution in [0.1, 0.15) is 70.8 Å². The summed E-state index contributed by atoms with van der Waals surface area (Å²) in [4.78, 5) is 54.1. The molecule has 4 rings (SSSR count). The molecule has 8 heteroatoms. The van der Waals surface area contributed by atoms with Crippen molar-refractivity contribution in [2.45, 2.75) is 46.6 Å². The number of nitrogens with one attached hydrogen (secondary N) is 1. The van der Waals surface area contributed by atoms with Gasteiger partial charge in [-0.25, -0.2) is 4.79 Å². The normalized spacial score (nSPS) is 14.3. The minimum atomic E-state index is -1.04. The second kappa shape index (κ2) is 11.1. The van der Waals surface area contributed by atoms with Crippen molar-refractivity contribution in [3.8, 4) is 11.1 Å². The van der Waals surface area contributed by atoms with E-state index < -0.39 is 29.7 Å². The van der Waals surface area contributed by atoms with Gasteiger partial charge >= 0.3 is 5.97 Å². The van der Waals surface area contributed by atoms with Crippen LogP contribution in [0.25, 0.3) is 11.1 Å². The Morgan fingerprint density at radius 2 is 1.57 bits per heavy atom. The van der Waals surface area contributed by atoms with Crippen molar-refractivity contribution in [3.63, 3.8) is 0 Å². The molecule has 2 heterocycles. The van der Waals surface area contributed by atoms with Crippen LogP contribution in [0.2, 0.25) is 0 Å². The number of hydrogen-bond donors (Lipinski definition) is 1. The van der Waals surface area contributed by atoms with E-state index in [1.165, 1.54) is 16.9 Å². The first kappa shape index (κ1) is 26.3. The highest BCUT2D eigenvalue weighted by atomic mass is 32.1. The molecular weight excluding hydrogens is 488 g/mol. The van der Waals surface area contributed by atoms with E-state index in [1.807, 2.05) is 43.5 Å². The molecule has 37 heavy (non-hydrogen) atoms. The van der Waals surface area contributed by atoms with E-state index in [-0.39, 0.29) is 29.2 Å². The first-order valence-electron chi connectivity index (χ1n) is 12.5. The van der Waals surface area contributed by atoms with E-state index in [1.54, 1.807) is 31.2 Å². The van der Waals surface area contributed by atoms with Crippen molar-refractivity contribution < 1.29 is 23.9 Å². The number of benzene rings is 2. The Bertz CT molecular complexity index is 1310. The molecular formula is C29H30N2O5S. The number of carbonyl (C=O) groups is 4. The molecule has 0 aliphatic carbocycles. The van der Waals surface area contributed by atoms with Gasteiger partial charge in [0.25, 0.3) is 11.8 Å². The molecule has 0 radical (unpaired) electrons. The molecule has 192 valence electrons. The first-order valence-corrected chi connectivity index (χ1v) is 13.4. The minimum Gasteiger partial charge on any atom is -0.462 e. The molecule has 2 aromatic carbocycles. The number of thiophene rings is 1. The lowest BCUT2D eigenvalue weighted by molar-refractivity contribution is -0.121. The summed E-state index contributed by atoms with van der Waals surface area (Å²) < 4.78 is 5.32. The molecule has 7 nitrogen and oxygen atoms in total. The third-order valence-electron chi connectivity index (χ3n) is 6.74. The molecule has 1 aliphatic heterocycles. The SMILES string of the molecule is CCOC(=O)c1c(-c2ccc(CC)cc2)csc1NC(=O)C(C(C)CC)N1C(=O)c2ccccc2C1=O. The number of fused-ring (bicyclic) bond motifs is 1. The van der Waals surface area contributed by atoms with Crippen LogP contribution in [0.15, 0.2) is 53.9 Å². The number of anilines is 1. The predicted molar refractivity (Wildman–Crippen MR) is 144 cm³/mol. The second-order valence-electron chi connectivity index (χ2n) is 8.97. The monoisotopic (exact) mass is 518 g/mol. The summed E-state index contributed by atoms with van der Waals surface area (Å²) in [5, 5.41) is 4.99. The highest BCUT2D eigenvalue weighted by Crippen LogP contribution is 2.37. The van der Waals surface area contributed by atoms with Gasteiger partial charge in [0.2, 0.25) is 5.91 Å². The number of carbonyl (C=O) groups excluding carboxylic acids is 4. The Morgan fingerprint density at radius 3 is 2.11 bits per heavy atom. The molecule has 1 aliphatic rings. The van der Waals surface area contributed by atoms with E-state index in [0.29, 0.717) is 17.0 Å². The summed E-state index contributed by atoms with van der Waals surface area (Å²) in [5.74, 6) is -2.36. The lowest BCUT2D eigenvalue weighted by Gasteiger charge is -2.29. The number of amides is 3. The maximum Gasteiger partial charge on any atom is 0.341 e. The Hall–Kier alpha value is -3.78. The number of rotatable bonds is 9. The van der Waals surface area contributed by atoms with E-state index in [0.717, 1.165) is 16.9 Å². The Balaban J connectivity index is 1.70. The van der Waals surface area contributed by atoms with Gasteiger partial charge in [0.05, 0.1) is 17.7 Å². The smallest absolute Gasteiger partial charge is 0.341 e. The van der Waals surface area contributed by atoms with Crippen molar-refractivity contribution in [3.05, 3.63) is 76.2 Å². The fourth-order valence-electron chi connectivity index (χ4n) is 4.49. The summed E-state index contributed by atoms with van der Waals surface area (Å²) in [6.45, 7) is 7.70. The lowest BCUT2D eigenvalue weighted by atomic mass is 9.96. The van der Waals surface area contributed by atoms with Gasteiger partial charge in [-0.1, -0.05) is 63.6 Å². The van der Waals surface area contributed by atoms with E-state index in [2.05, 4.69) is 12.2 Å². The predicted octanol–water partition coefficient (Wildman–Crippen LogP) is 5.80. The molecule has 2 unspecified atom stereocenters. The fraction of sp³-hybridized carbons (Fsp3) is 0.310. The first-order chi connectivity index (χ1) is 17.8. The molecule has 0 fully saturated rings. The zero-order valence-corrected chi connectivity index (χ0v) is 22.2. The Labute approximate surface area is 220 Å². The highest BCUT2D eigenvalue weighted by Gasteiger charge is 2.44. The molecule has 0 bridgehead atoms. The summed E-state index contributed by atoms with van der Waals surface area (Å²) in [5.41, 5.74) is 3.49. The second-order valence-corrected chi connectivity index (χ2v) is 9.85. The van der Waals surface area contributed by atoms with Crippen LogP contribution in [0.3, 0.4) is 0 Å². The fourth-order valence-corrected chi connectivity index (χ4v) is 5.45. The van der Waals surface area contributed by atoms with Crippen LogP contribution in [-0.2, 0) is 16.0 Å². The number of ether oxygens (including phenoxy) is 1. The maximum atomic E-state index is 13.7. The summed E-state index contributed by atoms with van der Waals surface area (Å²) in [6.07, 6.45) is 1.46. The molecule has 0 saturated heterocycles. The number of esters is 1. The standard InChI is InChI=1S/C29H30N2O5S/c1-5-17(4)24(31-27(33)20-10-8-9-11-21(20)28(31)34)25(32)30-26-23(29(35)36-7-3)22(16-37-26)19-14-12-18(6-2)13-15-19/h8-17,24H,5-7H2,1-4H3,(H,30,32). The van der Waals surface area contributed by atoms with E-state index in [9.17, 15) is 19.2 Å². The summed E-state index contributed by atoms with van der Waals surface area (Å²) >= 11 is 1.21. The molecule has 0 spiro atoms. The van der Waals surface area contributed by atoms with E-state index >= 15 is 0 Å². The quantitative estimate of drug-likeness (QED) is 0.285. The zero-order chi connectivity index (χ0) is 26.7. The molecule has 3 amide bonds. The van der Waals surface area contributed by atoms with Gasteiger partial charge in [0.1, 0.15) is 16.6 Å². The summed E-state index contributed by atoms with van der Waals surface area (Å²) in [6, 6.07) is 13.4. The van der Waals surface area contributed by atoms with Gasteiger partial charge in [-0.3, -0.25) is 19.3 Å². The summed E-state index contributed by atoms with van der Waals surface area (Å²) in [7, 11) is 0. The van der Waals surface area contributed by atoms with Gasteiger partial charge in [-0.05, 0) is 42.5 Å². The Kier molecular flexibility index (Phi) is 7.88. The van der Waals surface area contributed by atoms with Gasteiger partial charge in [-0.2, -0.15) is 0 Å². The molecule has 3 aromatic rings. The van der Waals surface area contributed by atoms with Gasteiger partial charge < -0.3 is 10.1 Å². The van der Waals surface area contributed by atoms with Gasteiger partial charge in [0, 0.05) is 10.9 Å². The van der Waals surface area contributed by atoms with Crippen LogP contribution in [-0.4, -0.2) is 41.2 Å². The number of imide groups is 1. The van der Waals surface area contributed by atoms with E-state index in [4.69, 9.17) is 4.74 Å². The highest BCUT2D eigenvalue weighted by molar-refractivity contribution is 7.15. The molecule has 2 atom stereocenters. The number of nitrogens with zero attached hydrogens (tertiary/aromatic N) is 1. The number of aryl methyl sites for hydroxylation is 1. The molecule has 1 aromatic heterocycles. The van der Waals surface area contributed by atoms with Crippen molar-refractivity contribution >= 4 is 40.0 Å². The van der Waals surface area contributed by atoms with Crippen LogP contribution in [0.5, 0.6) is 0 Å².